The molecule has 0 aliphatic heterocycles. The van der Waals surface area contributed by atoms with Crippen LogP contribution in [-0.4, -0.2) is 37.2 Å². The fraction of sp³-hybridized carbons (Fsp3) is 0.857. The Morgan fingerprint density at radius 2 is 0.434 bits per heavy atom. The van der Waals surface area contributed by atoms with E-state index >= 15 is 0 Å². The molecule has 0 rings (SSSR count). The van der Waals surface area contributed by atoms with Gasteiger partial charge < -0.3 is 14.2 Å². The van der Waals surface area contributed by atoms with Gasteiger partial charge in [0.15, 0.2) is 6.10 Å². The molecule has 0 N–H and O–H groups in total. The normalized spacial score (nSPS) is 12.3. The van der Waals surface area contributed by atoms with Crippen molar-refractivity contribution in [3.63, 3.8) is 0 Å². The Balaban J connectivity index is 4.14. The van der Waals surface area contributed by atoms with Crippen molar-refractivity contribution >= 4 is 17.9 Å². The van der Waals surface area contributed by atoms with Gasteiger partial charge in [0, 0.05) is 19.3 Å². The van der Waals surface area contributed by atoms with E-state index in [2.05, 4.69) is 69.4 Å². The highest BCUT2D eigenvalue weighted by atomic mass is 16.6. The third-order valence-corrected chi connectivity index (χ3v) is 16.8. The molecular formula is C77H142O6. The molecule has 0 aliphatic rings. The minimum Gasteiger partial charge on any atom is -0.462 e. The van der Waals surface area contributed by atoms with Crippen LogP contribution in [-0.2, 0) is 28.6 Å². The van der Waals surface area contributed by atoms with E-state index in [0.29, 0.717) is 19.3 Å². The fourth-order valence-electron chi connectivity index (χ4n) is 11.2. The van der Waals surface area contributed by atoms with Gasteiger partial charge in [-0.3, -0.25) is 14.4 Å². The predicted octanol–water partition coefficient (Wildman–Crippen LogP) is 25.7. The lowest BCUT2D eigenvalue weighted by Gasteiger charge is -2.18. The lowest BCUT2D eigenvalue weighted by Crippen LogP contribution is -2.30. The number of allylic oxidation sites excluding steroid dienone is 8. The van der Waals surface area contributed by atoms with Crippen molar-refractivity contribution in [2.24, 2.45) is 0 Å². The lowest BCUT2D eigenvalue weighted by molar-refractivity contribution is -0.167. The van der Waals surface area contributed by atoms with Gasteiger partial charge in [0.2, 0.25) is 0 Å². The van der Waals surface area contributed by atoms with Gasteiger partial charge in [-0.1, -0.05) is 352 Å². The van der Waals surface area contributed by atoms with Crippen LogP contribution in [0, 0.1) is 0 Å². The van der Waals surface area contributed by atoms with Gasteiger partial charge in [-0.2, -0.15) is 0 Å². The van der Waals surface area contributed by atoms with E-state index in [1.165, 1.54) is 289 Å². The summed E-state index contributed by atoms with van der Waals surface area (Å²) in [5, 5.41) is 0. The average molecular weight is 1160 g/mol. The van der Waals surface area contributed by atoms with Gasteiger partial charge in [-0.15, -0.1) is 0 Å². The van der Waals surface area contributed by atoms with Gasteiger partial charge in [0.1, 0.15) is 13.2 Å². The molecule has 0 spiro atoms. The van der Waals surface area contributed by atoms with Gasteiger partial charge >= 0.3 is 17.9 Å². The zero-order valence-corrected chi connectivity index (χ0v) is 56.0. The fourth-order valence-corrected chi connectivity index (χ4v) is 11.2. The van der Waals surface area contributed by atoms with E-state index in [-0.39, 0.29) is 31.1 Å². The van der Waals surface area contributed by atoms with E-state index in [4.69, 9.17) is 14.2 Å². The first-order valence-corrected chi connectivity index (χ1v) is 37.1. The van der Waals surface area contributed by atoms with Gasteiger partial charge in [-0.25, -0.2) is 0 Å². The Morgan fingerprint density at radius 3 is 0.675 bits per heavy atom. The molecule has 1 unspecified atom stereocenters. The largest absolute Gasteiger partial charge is 0.462 e. The maximum Gasteiger partial charge on any atom is 0.306 e. The number of unbranched alkanes of at least 4 members (excludes halogenated alkanes) is 50. The highest BCUT2D eigenvalue weighted by Crippen LogP contribution is 2.19. The van der Waals surface area contributed by atoms with E-state index in [0.717, 1.165) is 77.0 Å². The molecule has 0 saturated carbocycles. The minimum absolute atomic E-state index is 0.0704. The maximum absolute atomic E-state index is 12.9. The van der Waals surface area contributed by atoms with Crippen LogP contribution in [0.3, 0.4) is 0 Å². The molecule has 0 aromatic heterocycles. The maximum atomic E-state index is 12.9. The molecule has 6 nitrogen and oxygen atoms in total. The lowest BCUT2D eigenvalue weighted by atomic mass is 10.0. The third-order valence-electron chi connectivity index (χ3n) is 16.8. The Kier molecular flexibility index (Phi) is 69.6. The average Bonchev–Trinajstić information content (AvgIpc) is 3.49. The van der Waals surface area contributed by atoms with Crippen LogP contribution in [0.5, 0.6) is 0 Å². The highest BCUT2D eigenvalue weighted by Gasteiger charge is 2.19. The second kappa shape index (κ2) is 71.8. The van der Waals surface area contributed by atoms with E-state index in [1.54, 1.807) is 0 Å². The standard InChI is InChI=1S/C77H142O6/c1-4-7-10-13-16-19-22-25-28-30-32-33-34-35-36-37-38-39-40-41-42-43-44-45-46-48-49-52-55-58-61-64-67-70-76(79)82-73-74(72-81-75(78)69-66-63-60-57-54-51-27-24-21-18-15-12-9-6-3)83-77(80)71-68-65-62-59-56-53-50-47-31-29-26-23-20-17-14-11-8-5-2/h20,22-23,25,29-32,74H,4-19,21,24,26-28,33-73H2,1-3H3/b23-20-,25-22-,31-29-,32-30-. The van der Waals surface area contributed by atoms with E-state index in [1.807, 2.05) is 0 Å². The third kappa shape index (κ3) is 70.0. The van der Waals surface area contributed by atoms with Gasteiger partial charge in [0.25, 0.3) is 0 Å². The number of hydrogen-bond donors (Lipinski definition) is 0. The highest BCUT2D eigenvalue weighted by molar-refractivity contribution is 5.71. The molecule has 0 amide bonds. The smallest absolute Gasteiger partial charge is 0.306 e. The molecule has 83 heavy (non-hydrogen) atoms. The number of ether oxygens (including phenoxy) is 3. The summed E-state index contributed by atoms with van der Waals surface area (Å²) < 4.78 is 17.0. The number of hydrogen-bond acceptors (Lipinski definition) is 6. The van der Waals surface area contributed by atoms with Crippen LogP contribution in [0.1, 0.15) is 406 Å². The zero-order chi connectivity index (χ0) is 59.9. The summed E-state index contributed by atoms with van der Waals surface area (Å²) in [7, 11) is 0. The minimum atomic E-state index is -0.775. The quantitative estimate of drug-likeness (QED) is 0.0261. The molecule has 0 fully saturated rings. The first-order chi connectivity index (χ1) is 41.0. The number of rotatable bonds is 69. The van der Waals surface area contributed by atoms with Crippen molar-refractivity contribution in [2.75, 3.05) is 13.2 Å². The summed E-state index contributed by atoms with van der Waals surface area (Å²) in [6.07, 6.45) is 91.6. The van der Waals surface area contributed by atoms with Crippen LogP contribution < -0.4 is 0 Å². The van der Waals surface area contributed by atoms with Crippen molar-refractivity contribution in [2.45, 2.75) is 412 Å². The number of carbonyl (C=O) groups is 3. The molecular weight excluding hydrogens is 1020 g/mol. The zero-order valence-electron chi connectivity index (χ0n) is 56.0. The van der Waals surface area contributed by atoms with Gasteiger partial charge in [-0.05, 0) is 83.5 Å². The molecule has 6 heteroatoms. The van der Waals surface area contributed by atoms with Crippen LogP contribution in [0.4, 0.5) is 0 Å². The topological polar surface area (TPSA) is 78.9 Å². The molecule has 0 aliphatic carbocycles. The first kappa shape index (κ1) is 80.4. The molecule has 486 valence electrons. The Labute approximate surface area is 518 Å². The van der Waals surface area contributed by atoms with E-state index < -0.39 is 6.10 Å². The summed E-state index contributed by atoms with van der Waals surface area (Å²) in [6.45, 7) is 6.68. The number of carbonyl (C=O) groups excluding carboxylic acids is 3. The summed E-state index contributed by atoms with van der Waals surface area (Å²) in [5.74, 6) is -0.849. The second-order valence-electron chi connectivity index (χ2n) is 25.2. The van der Waals surface area contributed by atoms with Crippen molar-refractivity contribution < 1.29 is 28.6 Å². The Bertz CT molecular complexity index is 1430. The van der Waals surface area contributed by atoms with Crippen LogP contribution in [0.25, 0.3) is 0 Å². The summed E-state index contributed by atoms with van der Waals surface area (Å²) >= 11 is 0. The van der Waals surface area contributed by atoms with Crippen LogP contribution in [0.15, 0.2) is 48.6 Å². The second-order valence-corrected chi connectivity index (χ2v) is 25.2. The summed E-state index contributed by atoms with van der Waals surface area (Å²) in [4.78, 5) is 38.4. The molecule has 0 saturated heterocycles. The molecule has 0 radical (unpaired) electrons. The molecule has 0 aromatic rings. The van der Waals surface area contributed by atoms with Crippen LogP contribution in [0.2, 0.25) is 0 Å². The number of esters is 3. The summed E-state index contributed by atoms with van der Waals surface area (Å²) in [5.41, 5.74) is 0. The molecule has 1 atom stereocenters. The van der Waals surface area contributed by atoms with E-state index in [9.17, 15) is 14.4 Å². The first-order valence-electron chi connectivity index (χ1n) is 37.1. The molecule has 0 heterocycles. The van der Waals surface area contributed by atoms with Crippen LogP contribution >= 0.6 is 0 Å². The summed E-state index contributed by atoms with van der Waals surface area (Å²) in [6, 6.07) is 0. The van der Waals surface area contributed by atoms with Crippen molar-refractivity contribution in [1.82, 2.24) is 0 Å². The SMILES string of the molecule is CCCCCC/C=C\C/C=C\CCCCCCCCCC(=O)OC(COC(=O)CCCCCCCCCCCCCCCC)COC(=O)CCCCCCCCCCCCCCCCCCCCCCC/C=C\C/C=C\CCCCCCC. The Morgan fingerprint density at radius 1 is 0.241 bits per heavy atom. The van der Waals surface area contributed by atoms with Crippen molar-refractivity contribution in [1.29, 1.82) is 0 Å². The monoisotopic (exact) mass is 1160 g/mol. The van der Waals surface area contributed by atoms with Crippen molar-refractivity contribution in [3.8, 4) is 0 Å². The molecule has 0 aromatic carbocycles. The molecule has 0 bridgehead atoms. The predicted molar refractivity (Wildman–Crippen MR) is 362 cm³/mol. The van der Waals surface area contributed by atoms with Gasteiger partial charge in [0.05, 0.1) is 0 Å². The Hall–Kier alpha value is -2.63. The van der Waals surface area contributed by atoms with Crippen molar-refractivity contribution in [3.05, 3.63) is 48.6 Å².